The van der Waals surface area contributed by atoms with Crippen molar-refractivity contribution in [3.05, 3.63) is 29.6 Å². The summed E-state index contributed by atoms with van der Waals surface area (Å²) in [6.45, 7) is 6.05. The van der Waals surface area contributed by atoms with E-state index in [4.69, 9.17) is 1.37 Å². The number of pyridine rings is 1. The molecule has 0 atom stereocenters. The number of hydrogen-bond donors (Lipinski definition) is 0. The van der Waals surface area contributed by atoms with E-state index in [9.17, 15) is 0 Å². The summed E-state index contributed by atoms with van der Waals surface area (Å²) in [5.74, 6) is 0.349. The van der Waals surface area contributed by atoms with Crippen LogP contribution in [0, 0.1) is 6.92 Å². The van der Waals surface area contributed by atoms with Gasteiger partial charge in [-0.3, -0.25) is 4.98 Å². The van der Waals surface area contributed by atoms with Gasteiger partial charge in [-0.1, -0.05) is 13.8 Å². The Labute approximate surface area is 63.5 Å². The summed E-state index contributed by atoms with van der Waals surface area (Å²) in [6, 6.07) is 2.45. The molecule has 1 heterocycles. The van der Waals surface area contributed by atoms with Gasteiger partial charge in [-0.15, -0.1) is 0 Å². The van der Waals surface area contributed by atoms with Crippen molar-refractivity contribution in [2.24, 2.45) is 0 Å². The quantitative estimate of drug-likeness (QED) is 0.578. The lowest BCUT2D eigenvalue weighted by atomic mass is 10.1. The monoisotopic (exact) mass is 136 g/mol. The molecule has 0 radical (unpaired) electrons. The van der Waals surface area contributed by atoms with Gasteiger partial charge in [-0.25, -0.2) is 0 Å². The van der Waals surface area contributed by atoms with Crippen molar-refractivity contribution >= 4 is 0 Å². The van der Waals surface area contributed by atoms with Crippen LogP contribution in [0.5, 0.6) is 0 Å². The molecule has 0 saturated carbocycles. The van der Waals surface area contributed by atoms with E-state index in [1.54, 1.807) is 6.20 Å². The molecule has 1 aromatic rings. The van der Waals surface area contributed by atoms with Crippen molar-refractivity contribution in [1.29, 1.82) is 0 Å². The van der Waals surface area contributed by atoms with Crippen LogP contribution >= 0.6 is 0 Å². The Hall–Kier alpha value is -0.850. The minimum absolute atomic E-state index is 0.349. The molecule has 0 aliphatic rings. The zero-order valence-corrected chi connectivity index (χ0v) is 6.68. The lowest BCUT2D eigenvalue weighted by molar-refractivity contribution is 0.820. The molecule has 54 valence electrons. The summed E-state index contributed by atoms with van der Waals surface area (Å²) in [7, 11) is 0. The highest BCUT2D eigenvalue weighted by Gasteiger charge is 1.98. The van der Waals surface area contributed by atoms with Crippen molar-refractivity contribution in [1.82, 2.24) is 4.98 Å². The fourth-order valence-electron chi connectivity index (χ4n) is 0.799. The number of aryl methyl sites for hydroxylation is 1. The largest absolute Gasteiger partial charge is 0.261 e. The van der Waals surface area contributed by atoms with Gasteiger partial charge < -0.3 is 0 Å². The van der Waals surface area contributed by atoms with Crippen LogP contribution < -0.4 is 0 Å². The Morgan fingerprint density at radius 2 is 2.30 bits per heavy atom. The molecule has 0 amide bonds. The van der Waals surface area contributed by atoms with Gasteiger partial charge in [-0.2, -0.15) is 0 Å². The SMILES string of the molecule is [2H]c1c(C)ccnc1C(C)C. The van der Waals surface area contributed by atoms with E-state index >= 15 is 0 Å². The van der Waals surface area contributed by atoms with E-state index in [0.29, 0.717) is 12.0 Å². The van der Waals surface area contributed by atoms with E-state index < -0.39 is 0 Å². The number of aromatic nitrogens is 1. The molecular formula is C9H13N. The molecule has 10 heavy (non-hydrogen) atoms. The topological polar surface area (TPSA) is 12.9 Å². The van der Waals surface area contributed by atoms with E-state index in [1.165, 1.54) is 0 Å². The van der Waals surface area contributed by atoms with Gasteiger partial charge in [0.15, 0.2) is 0 Å². The second-order valence-corrected chi connectivity index (χ2v) is 2.79. The minimum atomic E-state index is 0.349. The van der Waals surface area contributed by atoms with Crippen LogP contribution in [-0.2, 0) is 0 Å². The van der Waals surface area contributed by atoms with E-state index in [1.807, 2.05) is 13.0 Å². The summed E-state index contributed by atoms with van der Waals surface area (Å²) in [5.41, 5.74) is 1.90. The first-order valence-corrected chi connectivity index (χ1v) is 3.55. The normalized spacial score (nSPS) is 11.8. The summed E-state index contributed by atoms with van der Waals surface area (Å²) in [4.78, 5) is 4.15. The molecule has 0 aliphatic heterocycles. The zero-order valence-electron chi connectivity index (χ0n) is 7.68. The lowest BCUT2D eigenvalue weighted by Crippen LogP contribution is -1.91. The molecule has 0 unspecified atom stereocenters. The van der Waals surface area contributed by atoms with Gasteiger partial charge in [0.05, 0.1) is 1.37 Å². The summed E-state index contributed by atoms with van der Waals surface area (Å²) >= 11 is 0. The third kappa shape index (κ3) is 1.56. The van der Waals surface area contributed by atoms with Crippen molar-refractivity contribution in [2.75, 3.05) is 0 Å². The predicted molar refractivity (Wildman–Crippen MR) is 43.1 cm³/mol. The Balaban J connectivity index is 3.17. The minimum Gasteiger partial charge on any atom is -0.261 e. The standard InChI is InChI=1S/C9H13N/c1-7(2)9-6-8(3)4-5-10-9/h4-7H,1-3H3/i6D. The molecule has 1 aromatic heterocycles. The van der Waals surface area contributed by atoms with Gasteiger partial charge in [0.1, 0.15) is 0 Å². The molecule has 1 rings (SSSR count). The number of hydrogen-bond acceptors (Lipinski definition) is 1. The summed E-state index contributed by atoms with van der Waals surface area (Å²) < 4.78 is 7.66. The molecule has 0 fully saturated rings. The first-order chi connectivity index (χ1) is 5.13. The van der Waals surface area contributed by atoms with Crippen LogP contribution in [0.25, 0.3) is 0 Å². The second kappa shape index (κ2) is 2.82. The van der Waals surface area contributed by atoms with Crippen molar-refractivity contribution in [3.63, 3.8) is 0 Å². The summed E-state index contributed by atoms with van der Waals surface area (Å²) in [5, 5.41) is 0. The van der Waals surface area contributed by atoms with Crippen LogP contribution in [0.3, 0.4) is 0 Å². The van der Waals surface area contributed by atoms with E-state index in [-0.39, 0.29) is 0 Å². The van der Waals surface area contributed by atoms with Gasteiger partial charge >= 0.3 is 0 Å². The molecule has 0 spiro atoms. The molecule has 0 bridgehead atoms. The van der Waals surface area contributed by atoms with Crippen LogP contribution in [0.1, 0.15) is 32.4 Å². The molecule has 1 heteroatoms. The van der Waals surface area contributed by atoms with Gasteiger partial charge in [-0.05, 0) is 30.5 Å². The third-order valence-corrected chi connectivity index (χ3v) is 1.41. The highest BCUT2D eigenvalue weighted by atomic mass is 14.7. The first-order valence-electron chi connectivity index (χ1n) is 4.05. The Morgan fingerprint density at radius 1 is 1.60 bits per heavy atom. The Bertz CT molecular complexity index is 256. The number of nitrogens with zero attached hydrogens (tertiary/aromatic N) is 1. The average Bonchev–Trinajstić information content (AvgIpc) is 1.94. The highest BCUT2D eigenvalue weighted by Crippen LogP contribution is 2.11. The zero-order chi connectivity index (χ0) is 8.43. The fourth-order valence-corrected chi connectivity index (χ4v) is 0.799. The van der Waals surface area contributed by atoms with Gasteiger partial charge in [0.25, 0.3) is 0 Å². The molecule has 0 N–H and O–H groups in total. The fraction of sp³-hybridized carbons (Fsp3) is 0.444. The molecular weight excluding hydrogens is 122 g/mol. The van der Waals surface area contributed by atoms with Crippen molar-refractivity contribution < 1.29 is 1.37 Å². The van der Waals surface area contributed by atoms with Crippen LogP contribution in [-0.4, -0.2) is 4.98 Å². The highest BCUT2D eigenvalue weighted by molar-refractivity contribution is 5.16. The van der Waals surface area contributed by atoms with Gasteiger partial charge in [0.2, 0.25) is 0 Å². The van der Waals surface area contributed by atoms with E-state index in [0.717, 1.165) is 11.3 Å². The van der Waals surface area contributed by atoms with Gasteiger partial charge in [0, 0.05) is 11.9 Å². The molecule has 0 aromatic carbocycles. The van der Waals surface area contributed by atoms with Crippen LogP contribution in [0.2, 0.25) is 0 Å². The van der Waals surface area contributed by atoms with Crippen LogP contribution in [0.15, 0.2) is 18.3 Å². The Morgan fingerprint density at radius 3 is 2.80 bits per heavy atom. The van der Waals surface area contributed by atoms with Crippen LogP contribution in [0.4, 0.5) is 0 Å². The summed E-state index contributed by atoms with van der Waals surface area (Å²) in [6.07, 6.45) is 1.77. The number of rotatable bonds is 1. The maximum atomic E-state index is 7.66. The maximum Gasteiger partial charge on any atom is 0.0645 e. The average molecular weight is 136 g/mol. The Kier molecular flexibility index (Phi) is 1.67. The third-order valence-electron chi connectivity index (χ3n) is 1.41. The van der Waals surface area contributed by atoms with Crippen molar-refractivity contribution in [3.8, 4) is 0 Å². The molecule has 1 nitrogen and oxygen atoms in total. The second-order valence-electron chi connectivity index (χ2n) is 2.79. The first kappa shape index (κ1) is 5.90. The maximum absolute atomic E-state index is 7.66. The lowest BCUT2D eigenvalue weighted by Gasteiger charge is -2.03. The predicted octanol–water partition coefficient (Wildman–Crippen LogP) is 2.51. The van der Waals surface area contributed by atoms with E-state index in [2.05, 4.69) is 18.8 Å². The molecule has 0 aliphatic carbocycles. The van der Waals surface area contributed by atoms with Crippen molar-refractivity contribution in [2.45, 2.75) is 26.7 Å². The smallest absolute Gasteiger partial charge is 0.0645 e. The molecule has 0 saturated heterocycles.